The lowest BCUT2D eigenvalue weighted by atomic mass is 10.3. The maximum absolute atomic E-state index is 11.7. The lowest BCUT2D eigenvalue weighted by Crippen LogP contribution is -2.37. The molecule has 0 aliphatic rings. The molecule has 6 heteroatoms. The number of carbonyl (C=O) groups excluding carboxylic acids is 2. The summed E-state index contributed by atoms with van der Waals surface area (Å²) >= 11 is 0. The molecule has 2 amide bonds. The van der Waals surface area contributed by atoms with Crippen LogP contribution in [0.2, 0.25) is 0 Å². The van der Waals surface area contributed by atoms with Crippen LogP contribution in [0.5, 0.6) is 5.75 Å². The normalized spacial score (nSPS) is 9.68. The van der Waals surface area contributed by atoms with Crippen molar-refractivity contribution >= 4 is 17.5 Å². The third-order valence-corrected chi connectivity index (χ3v) is 2.71. The van der Waals surface area contributed by atoms with Crippen molar-refractivity contribution in [2.75, 3.05) is 25.1 Å². The highest BCUT2D eigenvalue weighted by Gasteiger charge is 2.12. The van der Waals surface area contributed by atoms with E-state index in [2.05, 4.69) is 24.1 Å². The van der Waals surface area contributed by atoms with Crippen LogP contribution in [0.15, 0.2) is 37.1 Å². The number of anilines is 1. The number of benzene rings is 1. The first-order valence-electron chi connectivity index (χ1n) is 7.22. The molecule has 0 heterocycles. The van der Waals surface area contributed by atoms with Crippen LogP contribution in [0, 0.1) is 0 Å². The van der Waals surface area contributed by atoms with Gasteiger partial charge >= 0.3 is 11.8 Å². The van der Waals surface area contributed by atoms with E-state index in [1.807, 2.05) is 0 Å². The Labute approximate surface area is 130 Å². The van der Waals surface area contributed by atoms with Crippen LogP contribution in [0.4, 0.5) is 5.69 Å². The van der Waals surface area contributed by atoms with Gasteiger partial charge in [0.05, 0.1) is 19.4 Å². The van der Waals surface area contributed by atoms with Crippen molar-refractivity contribution in [2.24, 2.45) is 0 Å². The summed E-state index contributed by atoms with van der Waals surface area (Å²) in [6, 6.07) is 6.88. The van der Waals surface area contributed by atoms with E-state index < -0.39 is 11.8 Å². The molecular weight excluding hydrogens is 284 g/mol. The molecule has 1 aromatic rings. The van der Waals surface area contributed by atoms with Gasteiger partial charge in [0.15, 0.2) is 0 Å². The molecule has 0 aliphatic heterocycles. The number of hydrogen-bond donors (Lipinski definition) is 2. The van der Waals surface area contributed by atoms with Gasteiger partial charge in [-0.3, -0.25) is 9.59 Å². The number of hydrogen-bond acceptors (Lipinski definition) is 4. The molecule has 0 aliphatic carbocycles. The summed E-state index contributed by atoms with van der Waals surface area (Å²) in [6.45, 7) is 6.64. The third kappa shape index (κ3) is 6.78. The van der Waals surface area contributed by atoms with Crippen LogP contribution in [-0.4, -0.2) is 31.6 Å². The Hall–Kier alpha value is -2.50. The molecule has 0 unspecified atom stereocenters. The smallest absolute Gasteiger partial charge is 0.313 e. The van der Waals surface area contributed by atoms with Crippen LogP contribution < -0.4 is 15.4 Å². The zero-order chi connectivity index (χ0) is 16.2. The average molecular weight is 306 g/mol. The summed E-state index contributed by atoms with van der Waals surface area (Å²) in [7, 11) is 0. The molecule has 0 atom stereocenters. The van der Waals surface area contributed by atoms with E-state index in [9.17, 15) is 9.59 Å². The molecule has 0 fully saturated rings. The van der Waals surface area contributed by atoms with Crippen LogP contribution >= 0.6 is 0 Å². The Morgan fingerprint density at radius 1 is 1.18 bits per heavy atom. The summed E-state index contributed by atoms with van der Waals surface area (Å²) in [5, 5.41) is 4.94. The molecule has 0 spiro atoms. The predicted octanol–water partition coefficient (Wildman–Crippen LogP) is 2.08. The molecule has 0 radical (unpaired) electrons. The predicted molar refractivity (Wildman–Crippen MR) is 84.6 cm³/mol. The molecular formula is C16H22N2O4. The van der Waals surface area contributed by atoms with E-state index in [0.29, 0.717) is 12.3 Å². The largest absolute Gasteiger partial charge is 0.500 e. The molecule has 0 aromatic heterocycles. The van der Waals surface area contributed by atoms with E-state index in [1.165, 1.54) is 6.26 Å². The summed E-state index contributed by atoms with van der Waals surface area (Å²) < 4.78 is 10.4. The van der Waals surface area contributed by atoms with E-state index in [0.717, 1.165) is 18.6 Å². The van der Waals surface area contributed by atoms with Gasteiger partial charge in [-0.25, -0.2) is 0 Å². The molecule has 0 saturated carbocycles. The quantitative estimate of drug-likeness (QED) is 0.416. The van der Waals surface area contributed by atoms with Crippen molar-refractivity contribution in [3.63, 3.8) is 0 Å². The first-order chi connectivity index (χ1) is 10.7. The SMILES string of the molecule is C=COCCNC(=O)C(=O)Nc1ccc(OCCCC)cc1. The van der Waals surface area contributed by atoms with E-state index in [-0.39, 0.29) is 13.2 Å². The van der Waals surface area contributed by atoms with Crippen LogP contribution in [-0.2, 0) is 14.3 Å². The Morgan fingerprint density at radius 2 is 1.91 bits per heavy atom. The second-order valence-electron chi connectivity index (χ2n) is 4.47. The monoisotopic (exact) mass is 306 g/mol. The molecule has 1 aromatic carbocycles. The number of nitrogens with one attached hydrogen (secondary N) is 2. The number of amides is 2. The second kappa shape index (κ2) is 10.3. The number of carbonyl (C=O) groups is 2. The lowest BCUT2D eigenvalue weighted by Gasteiger charge is -2.08. The Balaban J connectivity index is 2.37. The second-order valence-corrected chi connectivity index (χ2v) is 4.47. The summed E-state index contributed by atoms with van der Waals surface area (Å²) in [6.07, 6.45) is 3.34. The van der Waals surface area contributed by atoms with Gasteiger partial charge in [-0.15, -0.1) is 0 Å². The van der Waals surface area contributed by atoms with Crippen LogP contribution in [0.1, 0.15) is 19.8 Å². The van der Waals surface area contributed by atoms with Gasteiger partial charge in [0.2, 0.25) is 0 Å². The van der Waals surface area contributed by atoms with E-state index in [4.69, 9.17) is 9.47 Å². The van der Waals surface area contributed by atoms with Crippen molar-refractivity contribution in [3.8, 4) is 5.75 Å². The van der Waals surface area contributed by atoms with Gasteiger partial charge < -0.3 is 20.1 Å². The average Bonchev–Trinajstić information content (AvgIpc) is 2.53. The topological polar surface area (TPSA) is 76.7 Å². The molecule has 0 saturated heterocycles. The van der Waals surface area contributed by atoms with Crippen LogP contribution in [0.25, 0.3) is 0 Å². The molecule has 0 bridgehead atoms. The van der Waals surface area contributed by atoms with E-state index in [1.54, 1.807) is 24.3 Å². The van der Waals surface area contributed by atoms with Gasteiger partial charge in [-0.2, -0.15) is 0 Å². The van der Waals surface area contributed by atoms with Crippen molar-refractivity contribution in [1.29, 1.82) is 0 Å². The fourth-order valence-electron chi connectivity index (χ4n) is 1.54. The van der Waals surface area contributed by atoms with Crippen molar-refractivity contribution in [2.45, 2.75) is 19.8 Å². The highest BCUT2D eigenvalue weighted by molar-refractivity contribution is 6.39. The maximum Gasteiger partial charge on any atom is 0.313 e. The summed E-state index contributed by atoms with van der Waals surface area (Å²) in [5.41, 5.74) is 0.533. The minimum Gasteiger partial charge on any atom is -0.500 e. The standard InChI is InChI=1S/C16H22N2O4/c1-3-5-11-22-14-8-6-13(7-9-14)18-16(20)15(19)17-10-12-21-4-2/h4,6-9H,2-3,5,10-12H2,1H3,(H,17,19)(H,18,20). The highest BCUT2D eigenvalue weighted by atomic mass is 16.5. The molecule has 22 heavy (non-hydrogen) atoms. The van der Waals surface area contributed by atoms with Gasteiger partial charge in [0.25, 0.3) is 0 Å². The molecule has 120 valence electrons. The van der Waals surface area contributed by atoms with Gasteiger partial charge in [0, 0.05) is 5.69 Å². The Morgan fingerprint density at radius 3 is 2.55 bits per heavy atom. The Kier molecular flexibility index (Phi) is 8.18. The molecule has 2 N–H and O–H groups in total. The lowest BCUT2D eigenvalue weighted by molar-refractivity contribution is -0.136. The first kappa shape index (κ1) is 17.6. The van der Waals surface area contributed by atoms with Gasteiger partial charge in [-0.1, -0.05) is 19.9 Å². The zero-order valence-corrected chi connectivity index (χ0v) is 12.8. The number of unbranched alkanes of at least 4 members (excludes halogenated alkanes) is 1. The fourth-order valence-corrected chi connectivity index (χ4v) is 1.54. The number of rotatable bonds is 9. The molecule has 6 nitrogen and oxygen atoms in total. The zero-order valence-electron chi connectivity index (χ0n) is 12.8. The minimum atomic E-state index is -0.724. The first-order valence-corrected chi connectivity index (χ1v) is 7.22. The minimum absolute atomic E-state index is 0.239. The highest BCUT2D eigenvalue weighted by Crippen LogP contribution is 2.15. The maximum atomic E-state index is 11.7. The van der Waals surface area contributed by atoms with Crippen molar-refractivity contribution in [3.05, 3.63) is 37.1 Å². The van der Waals surface area contributed by atoms with Crippen molar-refractivity contribution in [1.82, 2.24) is 5.32 Å². The summed E-state index contributed by atoms with van der Waals surface area (Å²) in [5.74, 6) is -0.702. The number of ether oxygens (including phenoxy) is 2. The van der Waals surface area contributed by atoms with Crippen LogP contribution in [0.3, 0.4) is 0 Å². The van der Waals surface area contributed by atoms with Crippen molar-refractivity contribution < 1.29 is 19.1 Å². The molecule has 1 rings (SSSR count). The summed E-state index contributed by atoms with van der Waals surface area (Å²) in [4.78, 5) is 23.2. The fraction of sp³-hybridized carbons (Fsp3) is 0.375. The van der Waals surface area contributed by atoms with Gasteiger partial charge in [-0.05, 0) is 30.7 Å². The Bertz CT molecular complexity index is 485. The van der Waals surface area contributed by atoms with E-state index >= 15 is 0 Å². The third-order valence-electron chi connectivity index (χ3n) is 2.71. The van der Waals surface area contributed by atoms with Gasteiger partial charge in [0.1, 0.15) is 12.4 Å².